The summed E-state index contributed by atoms with van der Waals surface area (Å²) in [4.78, 5) is 5.43. The lowest BCUT2D eigenvalue weighted by Crippen LogP contribution is -2.28. The molecule has 0 aliphatic heterocycles. The number of rotatable bonds is 13. The van der Waals surface area contributed by atoms with Gasteiger partial charge in [-0.05, 0) is 91.1 Å². The molecule has 0 bridgehead atoms. The van der Waals surface area contributed by atoms with Crippen LogP contribution in [0.5, 0.6) is 0 Å². The fraction of sp³-hybridized carbons (Fsp3) is 0.155. The maximum Gasteiger partial charge on any atom is 0.0941 e. The van der Waals surface area contributed by atoms with E-state index in [1.54, 1.807) is 0 Å². The predicted octanol–water partition coefficient (Wildman–Crippen LogP) is 15.2. The number of fused-ring (bicyclic) bond motifs is 3. The molecule has 0 fully saturated rings. The van der Waals surface area contributed by atoms with Crippen LogP contribution in [0, 0.1) is 11.3 Å². The summed E-state index contributed by atoms with van der Waals surface area (Å²) in [5.41, 5.74) is 15.8. The Morgan fingerprint density at radius 2 is 1.19 bits per heavy atom. The molecule has 0 spiro atoms. The lowest BCUT2D eigenvalue weighted by molar-refractivity contribution is 0.504. The third-order valence-electron chi connectivity index (χ3n) is 12.0. The first-order valence-corrected chi connectivity index (χ1v) is 20.7. The first kappa shape index (κ1) is 40.6. The molecule has 0 heterocycles. The van der Waals surface area contributed by atoms with Crippen LogP contribution in [0.15, 0.2) is 224 Å². The lowest BCUT2D eigenvalue weighted by Gasteiger charge is -2.34. The first-order valence-electron chi connectivity index (χ1n) is 20.7. The molecule has 292 valence electrons. The zero-order valence-electron chi connectivity index (χ0n) is 35.2. The van der Waals surface area contributed by atoms with Gasteiger partial charge in [-0.25, -0.2) is 0 Å². The van der Waals surface area contributed by atoms with Crippen LogP contribution in [-0.2, 0) is 5.41 Å². The zero-order chi connectivity index (χ0) is 41.6. The molecule has 1 aliphatic carbocycles. The Hall–Kier alpha value is -6.57. The van der Waals surface area contributed by atoms with E-state index in [1.807, 2.05) is 30.4 Å². The lowest BCUT2D eigenvalue weighted by atomic mass is 9.67. The third-order valence-corrected chi connectivity index (χ3v) is 12.0. The number of aliphatic imine (C=N–C) groups is 1. The molecule has 0 aromatic heterocycles. The van der Waals surface area contributed by atoms with Crippen LogP contribution in [0.1, 0.15) is 85.2 Å². The molecule has 1 nitrogen and oxygen atoms in total. The standard InChI is InChI=1S/C58H55N/c1-9-41(3)50(37-31-43(5)57(6,7)8)45-34-32-44(33-35-45)42(4)30-39-56(59-55(10-2)46-22-14-11-15-23-46)47-36-38-52-51-28-20-21-29-53(51)58(54(52)40-47,48-24-16-12-17-25-48)49-26-18-13-19-27-49/h9-41,56H,1-2,4H2,3,5-8H3/b39-30+,43-31+,50-37+,59-55?/t41-,56-/m0/s1. The van der Waals surface area contributed by atoms with Crippen LogP contribution in [0.3, 0.4) is 0 Å². The summed E-state index contributed by atoms with van der Waals surface area (Å²) in [5.74, 6) is 0.206. The van der Waals surface area contributed by atoms with Gasteiger partial charge in [-0.15, -0.1) is 6.58 Å². The number of hydrogen-bond acceptors (Lipinski definition) is 1. The second-order valence-electron chi connectivity index (χ2n) is 16.6. The molecule has 0 saturated carbocycles. The average Bonchev–Trinajstić information content (AvgIpc) is 3.57. The normalized spacial score (nSPS) is 15.0. The van der Waals surface area contributed by atoms with Crippen LogP contribution in [0.4, 0.5) is 0 Å². The summed E-state index contributed by atoms with van der Waals surface area (Å²) in [7, 11) is 0. The van der Waals surface area contributed by atoms with Crippen molar-refractivity contribution in [3.05, 3.63) is 264 Å². The fourth-order valence-corrected chi connectivity index (χ4v) is 8.16. The average molecular weight is 766 g/mol. The molecule has 2 atom stereocenters. The van der Waals surface area contributed by atoms with Crippen molar-refractivity contribution in [3.8, 4) is 11.1 Å². The molecular weight excluding hydrogens is 711 g/mol. The van der Waals surface area contributed by atoms with Crippen molar-refractivity contribution >= 4 is 16.9 Å². The van der Waals surface area contributed by atoms with Gasteiger partial charge in [0.1, 0.15) is 0 Å². The molecule has 1 heteroatoms. The Labute approximate surface area is 352 Å². The SMILES string of the molecule is C=CC(=N[C@@H](/C=C/C(=C)c1ccc(/C(=C/C=C(\C)C(C)(C)C)[C@@H](C)C=C)cc1)c1ccc2c(c1)C(c1ccccc1)(c1ccccc1)c1ccccc1-2)c1ccccc1. The van der Waals surface area contributed by atoms with E-state index in [9.17, 15) is 0 Å². The minimum atomic E-state index is -0.508. The Kier molecular flexibility index (Phi) is 12.1. The molecule has 59 heavy (non-hydrogen) atoms. The molecule has 6 aromatic rings. The number of nitrogens with zero attached hydrogens (tertiary/aromatic N) is 1. The number of allylic oxidation sites excluding steroid dienone is 8. The molecule has 0 N–H and O–H groups in total. The molecule has 0 saturated heterocycles. The molecule has 0 amide bonds. The highest BCUT2D eigenvalue weighted by molar-refractivity contribution is 6.08. The Bertz CT molecular complexity index is 2530. The summed E-state index contributed by atoms with van der Waals surface area (Å²) in [5, 5.41) is 0. The highest BCUT2D eigenvalue weighted by atomic mass is 14.8. The quantitative estimate of drug-likeness (QED) is 0.0630. The van der Waals surface area contributed by atoms with Crippen molar-refractivity contribution in [1.82, 2.24) is 0 Å². The fourth-order valence-electron chi connectivity index (χ4n) is 8.16. The smallest absolute Gasteiger partial charge is 0.0941 e. The zero-order valence-corrected chi connectivity index (χ0v) is 35.2. The summed E-state index contributed by atoms with van der Waals surface area (Å²) in [6.45, 7) is 24.0. The van der Waals surface area contributed by atoms with Crippen molar-refractivity contribution in [2.24, 2.45) is 16.3 Å². The summed E-state index contributed by atoms with van der Waals surface area (Å²) >= 11 is 0. The molecule has 7 rings (SSSR count). The van der Waals surface area contributed by atoms with Gasteiger partial charge >= 0.3 is 0 Å². The van der Waals surface area contributed by atoms with E-state index in [0.29, 0.717) is 0 Å². The van der Waals surface area contributed by atoms with E-state index >= 15 is 0 Å². The van der Waals surface area contributed by atoms with Crippen LogP contribution in [0.2, 0.25) is 0 Å². The van der Waals surface area contributed by atoms with Crippen molar-refractivity contribution in [2.45, 2.75) is 46.1 Å². The molecule has 0 radical (unpaired) electrons. The maximum atomic E-state index is 5.43. The van der Waals surface area contributed by atoms with Gasteiger partial charge in [0.25, 0.3) is 0 Å². The highest BCUT2D eigenvalue weighted by Gasteiger charge is 2.46. The Morgan fingerprint density at radius 1 is 0.627 bits per heavy atom. The molecular formula is C58H55N. The maximum absolute atomic E-state index is 5.43. The van der Waals surface area contributed by atoms with E-state index in [-0.39, 0.29) is 17.4 Å². The van der Waals surface area contributed by atoms with Gasteiger partial charge in [0.05, 0.1) is 17.2 Å². The van der Waals surface area contributed by atoms with E-state index in [4.69, 9.17) is 4.99 Å². The van der Waals surface area contributed by atoms with Crippen molar-refractivity contribution in [1.29, 1.82) is 0 Å². The minimum absolute atomic E-state index is 0.111. The van der Waals surface area contributed by atoms with E-state index in [2.05, 4.69) is 218 Å². The van der Waals surface area contributed by atoms with E-state index in [1.165, 1.54) is 50.1 Å². The highest BCUT2D eigenvalue weighted by Crippen LogP contribution is 2.56. The molecule has 6 aromatic carbocycles. The topological polar surface area (TPSA) is 12.4 Å². The Balaban J connectivity index is 1.33. The van der Waals surface area contributed by atoms with Gasteiger partial charge in [0, 0.05) is 0 Å². The largest absolute Gasteiger partial charge is 0.272 e. The molecule has 0 unspecified atom stereocenters. The van der Waals surface area contributed by atoms with Crippen molar-refractivity contribution in [3.63, 3.8) is 0 Å². The van der Waals surface area contributed by atoms with Crippen molar-refractivity contribution in [2.75, 3.05) is 0 Å². The van der Waals surface area contributed by atoms with Gasteiger partial charge in [-0.1, -0.05) is 235 Å². The first-order chi connectivity index (χ1) is 28.6. The van der Waals surface area contributed by atoms with Gasteiger partial charge in [0.2, 0.25) is 0 Å². The summed E-state index contributed by atoms with van der Waals surface area (Å²) in [6, 6.07) is 56.4. The number of hydrogen-bond donors (Lipinski definition) is 0. The second-order valence-corrected chi connectivity index (χ2v) is 16.6. The van der Waals surface area contributed by atoms with E-state index in [0.717, 1.165) is 28.0 Å². The van der Waals surface area contributed by atoms with Gasteiger partial charge < -0.3 is 0 Å². The third kappa shape index (κ3) is 8.25. The predicted molar refractivity (Wildman–Crippen MR) is 255 cm³/mol. The van der Waals surface area contributed by atoms with Crippen molar-refractivity contribution < 1.29 is 0 Å². The van der Waals surface area contributed by atoms with Crippen LogP contribution in [-0.4, -0.2) is 5.71 Å². The second kappa shape index (κ2) is 17.5. The van der Waals surface area contributed by atoms with Crippen LogP contribution >= 0.6 is 0 Å². The number of benzene rings is 6. The van der Waals surface area contributed by atoms with Crippen LogP contribution in [0.25, 0.3) is 22.3 Å². The minimum Gasteiger partial charge on any atom is -0.272 e. The van der Waals surface area contributed by atoms with Crippen LogP contribution < -0.4 is 0 Å². The molecule has 1 aliphatic rings. The van der Waals surface area contributed by atoms with Gasteiger partial charge in [-0.3, -0.25) is 4.99 Å². The summed E-state index contributed by atoms with van der Waals surface area (Å²) < 4.78 is 0. The van der Waals surface area contributed by atoms with E-state index < -0.39 is 5.41 Å². The van der Waals surface area contributed by atoms with Gasteiger partial charge in [-0.2, -0.15) is 0 Å². The summed E-state index contributed by atoms with van der Waals surface area (Å²) in [6.07, 6.45) is 12.7. The van der Waals surface area contributed by atoms with Gasteiger partial charge in [0.15, 0.2) is 0 Å². The Morgan fingerprint density at radius 3 is 1.78 bits per heavy atom. The monoisotopic (exact) mass is 765 g/mol.